The number of hydrogen-bond acceptors (Lipinski definition) is 2. The average Bonchev–Trinajstić information content (AvgIpc) is 3.08. The maximum Gasteiger partial charge on any atom is 0.416 e. The van der Waals surface area contributed by atoms with E-state index in [9.17, 15) is 22.8 Å². The zero-order valence-electron chi connectivity index (χ0n) is 9.57. The number of aliphatic carboxylic acids is 1. The molecule has 2 atom stereocenters. The van der Waals surface area contributed by atoms with Crippen LogP contribution in [-0.4, -0.2) is 17.0 Å². The Kier molecular flexibility index (Phi) is 3.21. The van der Waals surface area contributed by atoms with E-state index in [4.69, 9.17) is 5.11 Å². The van der Waals surface area contributed by atoms with Crippen LogP contribution in [0.3, 0.4) is 0 Å². The summed E-state index contributed by atoms with van der Waals surface area (Å²) in [5.74, 6) is -2.80. The smallest absolute Gasteiger partial charge is 0.416 e. The predicted octanol–water partition coefficient (Wildman–Crippen LogP) is 2.36. The van der Waals surface area contributed by atoms with Crippen molar-refractivity contribution in [2.24, 2.45) is 11.8 Å². The molecule has 0 spiro atoms. The maximum atomic E-state index is 12.3. The summed E-state index contributed by atoms with van der Waals surface area (Å²) in [6, 6.07) is 3.99. The molecule has 1 saturated carbocycles. The van der Waals surface area contributed by atoms with Crippen LogP contribution in [0.2, 0.25) is 0 Å². The van der Waals surface area contributed by atoms with E-state index >= 15 is 0 Å². The summed E-state index contributed by atoms with van der Waals surface area (Å²) >= 11 is 0. The standard InChI is InChI=1S/C12H10F3NO3/c13-12(14,15)6-1-3-7(4-2-6)16-10(17)8-5-9(8)11(18)19/h1-4,8-9H,5H2,(H,16,17)(H,18,19)/t8-,9+/m1/s1. The molecule has 4 nitrogen and oxygen atoms in total. The van der Waals surface area contributed by atoms with Gasteiger partial charge in [0.25, 0.3) is 0 Å². The number of carbonyl (C=O) groups is 2. The minimum atomic E-state index is -4.42. The fraction of sp³-hybridized carbons (Fsp3) is 0.333. The lowest BCUT2D eigenvalue weighted by Gasteiger charge is -2.08. The summed E-state index contributed by atoms with van der Waals surface area (Å²) in [6.45, 7) is 0. The number of carbonyl (C=O) groups excluding carboxylic acids is 1. The molecule has 7 heteroatoms. The molecule has 1 amide bonds. The minimum absolute atomic E-state index is 0.217. The van der Waals surface area contributed by atoms with E-state index < -0.39 is 35.5 Å². The number of nitrogens with one attached hydrogen (secondary N) is 1. The number of benzene rings is 1. The third-order valence-corrected chi connectivity index (χ3v) is 2.92. The van der Waals surface area contributed by atoms with Gasteiger partial charge in [-0.3, -0.25) is 9.59 Å². The van der Waals surface area contributed by atoms with Crippen LogP contribution in [-0.2, 0) is 15.8 Å². The zero-order chi connectivity index (χ0) is 14.2. The Hall–Kier alpha value is -2.05. The van der Waals surface area contributed by atoms with Gasteiger partial charge in [-0.1, -0.05) is 0 Å². The van der Waals surface area contributed by atoms with Gasteiger partial charge < -0.3 is 10.4 Å². The molecular weight excluding hydrogens is 263 g/mol. The third kappa shape index (κ3) is 3.04. The molecule has 1 aromatic carbocycles. The number of alkyl halides is 3. The van der Waals surface area contributed by atoms with Crippen LogP contribution in [0, 0.1) is 11.8 Å². The van der Waals surface area contributed by atoms with E-state index in [0.717, 1.165) is 24.3 Å². The quantitative estimate of drug-likeness (QED) is 0.888. The first-order valence-corrected chi connectivity index (χ1v) is 5.50. The van der Waals surface area contributed by atoms with Crippen LogP contribution in [0.5, 0.6) is 0 Å². The van der Waals surface area contributed by atoms with E-state index in [-0.39, 0.29) is 12.1 Å². The number of rotatable bonds is 3. The van der Waals surface area contributed by atoms with Crippen LogP contribution >= 0.6 is 0 Å². The van der Waals surface area contributed by atoms with Gasteiger partial charge in [0.2, 0.25) is 5.91 Å². The Balaban J connectivity index is 1.97. The first kappa shape index (κ1) is 13.4. The summed E-state index contributed by atoms with van der Waals surface area (Å²) in [7, 11) is 0. The van der Waals surface area contributed by atoms with Crippen LogP contribution < -0.4 is 5.32 Å². The van der Waals surface area contributed by atoms with Gasteiger partial charge in [0, 0.05) is 5.69 Å². The van der Waals surface area contributed by atoms with E-state index in [2.05, 4.69) is 5.32 Å². The van der Waals surface area contributed by atoms with E-state index in [0.29, 0.717) is 0 Å². The number of carboxylic acid groups (broad SMARTS) is 1. The van der Waals surface area contributed by atoms with Gasteiger partial charge in [-0.25, -0.2) is 0 Å². The maximum absolute atomic E-state index is 12.3. The Morgan fingerprint density at radius 1 is 1.16 bits per heavy atom. The van der Waals surface area contributed by atoms with Gasteiger partial charge in [-0.15, -0.1) is 0 Å². The second-order valence-corrected chi connectivity index (χ2v) is 4.35. The molecule has 1 aliphatic rings. The molecule has 1 fully saturated rings. The molecule has 0 radical (unpaired) electrons. The third-order valence-electron chi connectivity index (χ3n) is 2.92. The molecule has 1 aromatic rings. The first-order valence-electron chi connectivity index (χ1n) is 5.50. The van der Waals surface area contributed by atoms with Crippen molar-refractivity contribution in [3.63, 3.8) is 0 Å². The Morgan fingerprint density at radius 3 is 2.16 bits per heavy atom. The number of carboxylic acids is 1. The summed E-state index contributed by atoms with van der Waals surface area (Å²) in [5, 5.41) is 11.1. The SMILES string of the molecule is O=C(O)[C@H]1C[C@H]1C(=O)Nc1ccc(C(F)(F)F)cc1. The van der Waals surface area contributed by atoms with Crippen molar-refractivity contribution in [2.45, 2.75) is 12.6 Å². The number of halogens is 3. The molecule has 102 valence electrons. The molecule has 0 saturated heterocycles. The predicted molar refractivity (Wildman–Crippen MR) is 59.3 cm³/mol. The van der Waals surface area contributed by atoms with Crippen molar-refractivity contribution in [3.05, 3.63) is 29.8 Å². The minimum Gasteiger partial charge on any atom is -0.481 e. The lowest BCUT2D eigenvalue weighted by Crippen LogP contribution is -2.17. The van der Waals surface area contributed by atoms with Crippen molar-refractivity contribution in [1.82, 2.24) is 0 Å². The molecule has 2 rings (SSSR count). The number of amides is 1. The van der Waals surface area contributed by atoms with Crippen molar-refractivity contribution < 1.29 is 27.9 Å². The number of hydrogen-bond donors (Lipinski definition) is 2. The molecule has 2 N–H and O–H groups in total. The second-order valence-electron chi connectivity index (χ2n) is 4.35. The summed E-state index contributed by atoms with van der Waals surface area (Å²) in [6.07, 6.45) is -4.16. The highest BCUT2D eigenvalue weighted by atomic mass is 19.4. The molecule has 1 aliphatic carbocycles. The van der Waals surface area contributed by atoms with Crippen molar-refractivity contribution >= 4 is 17.6 Å². The first-order chi connectivity index (χ1) is 8.79. The van der Waals surface area contributed by atoms with E-state index in [1.165, 1.54) is 0 Å². The molecule has 0 heterocycles. The summed E-state index contributed by atoms with van der Waals surface area (Å²) < 4.78 is 36.9. The van der Waals surface area contributed by atoms with Crippen molar-refractivity contribution in [2.75, 3.05) is 5.32 Å². The van der Waals surface area contributed by atoms with Gasteiger partial charge in [0.05, 0.1) is 17.4 Å². The van der Waals surface area contributed by atoms with Gasteiger partial charge >= 0.3 is 12.1 Å². The van der Waals surface area contributed by atoms with E-state index in [1.807, 2.05) is 0 Å². The fourth-order valence-electron chi connectivity index (χ4n) is 1.74. The van der Waals surface area contributed by atoms with Gasteiger partial charge in [-0.05, 0) is 30.7 Å². The van der Waals surface area contributed by atoms with Crippen molar-refractivity contribution in [3.8, 4) is 0 Å². The molecule has 0 aromatic heterocycles. The topological polar surface area (TPSA) is 66.4 Å². The molecule has 0 aliphatic heterocycles. The Labute approximate surface area is 106 Å². The average molecular weight is 273 g/mol. The van der Waals surface area contributed by atoms with Crippen LogP contribution in [0.15, 0.2) is 24.3 Å². The number of anilines is 1. The van der Waals surface area contributed by atoms with Crippen LogP contribution in [0.4, 0.5) is 18.9 Å². The van der Waals surface area contributed by atoms with Crippen LogP contribution in [0.1, 0.15) is 12.0 Å². The van der Waals surface area contributed by atoms with Gasteiger partial charge in [-0.2, -0.15) is 13.2 Å². The highest BCUT2D eigenvalue weighted by Crippen LogP contribution is 2.39. The Bertz CT molecular complexity index is 510. The summed E-state index contributed by atoms with van der Waals surface area (Å²) in [4.78, 5) is 22.2. The lowest BCUT2D eigenvalue weighted by atomic mass is 10.2. The lowest BCUT2D eigenvalue weighted by molar-refractivity contribution is -0.140. The second kappa shape index (κ2) is 4.56. The molecule has 19 heavy (non-hydrogen) atoms. The van der Waals surface area contributed by atoms with E-state index in [1.54, 1.807) is 0 Å². The monoisotopic (exact) mass is 273 g/mol. The fourth-order valence-corrected chi connectivity index (χ4v) is 1.74. The molecular formula is C12H10F3NO3. The molecule has 0 bridgehead atoms. The van der Waals surface area contributed by atoms with Gasteiger partial charge in [0.15, 0.2) is 0 Å². The Morgan fingerprint density at radius 2 is 1.74 bits per heavy atom. The summed E-state index contributed by atoms with van der Waals surface area (Å²) in [5.41, 5.74) is -0.589. The van der Waals surface area contributed by atoms with Crippen LogP contribution in [0.25, 0.3) is 0 Å². The van der Waals surface area contributed by atoms with Crippen molar-refractivity contribution in [1.29, 1.82) is 0 Å². The largest absolute Gasteiger partial charge is 0.481 e. The highest BCUT2D eigenvalue weighted by molar-refractivity contribution is 5.98. The zero-order valence-corrected chi connectivity index (χ0v) is 9.57. The highest BCUT2D eigenvalue weighted by Gasteiger charge is 2.48. The van der Waals surface area contributed by atoms with Gasteiger partial charge in [0.1, 0.15) is 0 Å². The normalized spacial score (nSPS) is 21.8. The molecule has 0 unspecified atom stereocenters.